The van der Waals surface area contributed by atoms with Crippen LogP contribution in [0.4, 0.5) is 0 Å². The van der Waals surface area contributed by atoms with Crippen molar-refractivity contribution in [2.24, 2.45) is 0 Å². The minimum absolute atomic E-state index is 0.810. The highest BCUT2D eigenvalue weighted by atomic mass is 15.4. The van der Waals surface area contributed by atoms with Crippen LogP contribution in [0.1, 0.15) is 52.9 Å². The van der Waals surface area contributed by atoms with Crippen LogP contribution in [0, 0.1) is 0 Å². The molecule has 1 aliphatic heterocycles. The van der Waals surface area contributed by atoms with Crippen LogP contribution in [0.2, 0.25) is 0 Å². The number of likely N-dealkylation sites (tertiary alicyclic amines) is 1. The summed E-state index contributed by atoms with van der Waals surface area (Å²) < 4.78 is 1.33. The molecule has 0 radical (unpaired) electrons. The lowest BCUT2D eigenvalue weighted by molar-refractivity contribution is -0.941. The molecule has 0 spiro atoms. The van der Waals surface area contributed by atoms with E-state index in [9.17, 15) is 0 Å². The second-order valence-corrected chi connectivity index (χ2v) is 5.10. The van der Waals surface area contributed by atoms with E-state index >= 15 is 0 Å². The molecule has 0 aromatic rings. The van der Waals surface area contributed by atoms with Gasteiger partial charge in [-0.05, 0) is 26.7 Å². The lowest BCUT2D eigenvalue weighted by Crippen LogP contribution is -2.52. The second-order valence-electron chi connectivity index (χ2n) is 5.10. The van der Waals surface area contributed by atoms with Gasteiger partial charge in [-0.25, -0.2) is 0 Å². The predicted molar refractivity (Wildman–Crippen MR) is 58.7 cm³/mol. The zero-order valence-corrected chi connectivity index (χ0v) is 9.84. The lowest BCUT2D eigenvalue weighted by atomic mass is 10.0. The molecule has 2 atom stereocenters. The van der Waals surface area contributed by atoms with Gasteiger partial charge in [0, 0.05) is 12.8 Å². The number of quaternary nitrogens is 1. The van der Waals surface area contributed by atoms with Gasteiger partial charge in [0.1, 0.15) is 0 Å². The van der Waals surface area contributed by atoms with Gasteiger partial charge in [0.2, 0.25) is 0 Å². The molecule has 0 amide bonds. The van der Waals surface area contributed by atoms with Crippen molar-refractivity contribution < 1.29 is 4.48 Å². The molecule has 0 aromatic carbocycles. The first-order valence-corrected chi connectivity index (χ1v) is 5.96. The monoisotopic (exact) mass is 184 g/mol. The van der Waals surface area contributed by atoms with Crippen molar-refractivity contribution in [2.75, 3.05) is 13.6 Å². The maximum atomic E-state index is 2.46. The molecule has 0 aromatic heterocycles. The molecule has 13 heavy (non-hydrogen) atoms. The Morgan fingerprint density at radius 1 is 1.38 bits per heavy atom. The Balaban J connectivity index is 2.52. The summed E-state index contributed by atoms with van der Waals surface area (Å²) in [5, 5.41) is 0. The fourth-order valence-electron chi connectivity index (χ4n) is 2.70. The summed E-state index contributed by atoms with van der Waals surface area (Å²) in [5.74, 6) is 0. The molecule has 2 unspecified atom stereocenters. The van der Waals surface area contributed by atoms with Crippen molar-refractivity contribution >= 4 is 0 Å². The zero-order chi connectivity index (χ0) is 9.90. The van der Waals surface area contributed by atoms with E-state index in [0.717, 1.165) is 12.1 Å². The quantitative estimate of drug-likeness (QED) is 0.589. The highest BCUT2D eigenvalue weighted by Crippen LogP contribution is 2.31. The molecule has 1 aliphatic rings. The summed E-state index contributed by atoms with van der Waals surface area (Å²) in [6.45, 7) is 8.47. The van der Waals surface area contributed by atoms with E-state index in [1.807, 2.05) is 0 Å². The molecule has 1 nitrogen and oxygen atoms in total. The van der Waals surface area contributed by atoms with Crippen LogP contribution < -0.4 is 0 Å². The third-order valence-electron chi connectivity index (χ3n) is 4.08. The second kappa shape index (κ2) is 4.45. The third-order valence-corrected chi connectivity index (χ3v) is 4.08. The van der Waals surface area contributed by atoms with Gasteiger partial charge >= 0.3 is 0 Å². The van der Waals surface area contributed by atoms with Crippen molar-refractivity contribution in [3.63, 3.8) is 0 Å². The molecule has 0 N–H and O–H groups in total. The summed E-state index contributed by atoms with van der Waals surface area (Å²) in [4.78, 5) is 0. The highest BCUT2D eigenvalue weighted by Gasteiger charge is 2.39. The molecule has 0 aliphatic carbocycles. The van der Waals surface area contributed by atoms with Gasteiger partial charge in [0.05, 0.1) is 25.7 Å². The van der Waals surface area contributed by atoms with Crippen LogP contribution in [0.15, 0.2) is 0 Å². The van der Waals surface area contributed by atoms with E-state index in [1.165, 1.54) is 43.1 Å². The molecule has 1 heteroatoms. The van der Waals surface area contributed by atoms with Crippen molar-refractivity contribution in [3.8, 4) is 0 Å². The number of hydrogen-bond acceptors (Lipinski definition) is 0. The highest BCUT2D eigenvalue weighted by molar-refractivity contribution is 4.68. The molecule has 1 heterocycles. The first-order valence-electron chi connectivity index (χ1n) is 5.96. The fourth-order valence-corrected chi connectivity index (χ4v) is 2.70. The van der Waals surface area contributed by atoms with E-state index < -0.39 is 0 Å². The van der Waals surface area contributed by atoms with E-state index in [4.69, 9.17) is 0 Å². The minimum atomic E-state index is 0.810. The SMILES string of the molecule is CCCCC1CCC[N+]1(C)C(C)C. The van der Waals surface area contributed by atoms with Crippen LogP contribution >= 0.6 is 0 Å². The topological polar surface area (TPSA) is 0 Å². The van der Waals surface area contributed by atoms with Gasteiger partial charge in [-0.3, -0.25) is 0 Å². The normalized spacial score (nSPS) is 34.4. The summed E-state index contributed by atoms with van der Waals surface area (Å²) >= 11 is 0. The Morgan fingerprint density at radius 3 is 2.62 bits per heavy atom. The maximum Gasteiger partial charge on any atom is 0.0892 e. The van der Waals surface area contributed by atoms with Gasteiger partial charge in [0.25, 0.3) is 0 Å². The zero-order valence-electron chi connectivity index (χ0n) is 9.84. The fraction of sp³-hybridized carbons (Fsp3) is 1.00. The Hall–Kier alpha value is -0.0400. The Bertz CT molecular complexity index is 153. The average molecular weight is 184 g/mol. The van der Waals surface area contributed by atoms with Crippen molar-refractivity contribution in [3.05, 3.63) is 0 Å². The Kier molecular flexibility index (Phi) is 3.78. The molecular weight excluding hydrogens is 158 g/mol. The number of hydrogen-bond donors (Lipinski definition) is 0. The van der Waals surface area contributed by atoms with E-state index in [0.29, 0.717) is 0 Å². The predicted octanol–water partition coefficient (Wildman–Crippen LogP) is 3.19. The van der Waals surface area contributed by atoms with Gasteiger partial charge < -0.3 is 4.48 Å². The Morgan fingerprint density at radius 2 is 2.08 bits per heavy atom. The summed E-state index contributed by atoms with van der Waals surface area (Å²) in [6, 6.07) is 1.77. The van der Waals surface area contributed by atoms with E-state index in [2.05, 4.69) is 27.8 Å². The van der Waals surface area contributed by atoms with E-state index in [-0.39, 0.29) is 0 Å². The molecule has 1 rings (SSSR count). The summed E-state index contributed by atoms with van der Waals surface area (Å²) in [5.41, 5.74) is 0. The molecule has 78 valence electrons. The van der Waals surface area contributed by atoms with Crippen LogP contribution in [-0.2, 0) is 0 Å². The molecule has 1 fully saturated rings. The van der Waals surface area contributed by atoms with Crippen LogP contribution in [-0.4, -0.2) is 30.2 Å². The van der Waals surface area contributed by atoms with Crippen LogP contribution in [0.3, 0.4) is 0 Å². The number of unbranched alkanes of at least 4 members (excludes halogenated alkanes) is 1. The summed E-state index contributed by atoms with van der Waals surface area (Å²) in [7, 11) is 2.46. The van der Waals surface area contributed by atoms with Crippen molar-refractivity contribution in [2.45, 2.75) is 65.0 Å². The average Bonchev–Trinajstić information content (AvgIpc) is 2.45. The lowest BCUT2D eigenvalue weighted by Gasteiger charge is -2.40. The smallest absolute Gasteiger partial charge is 0.0892 e. The molecular formula is C12H26N+. The van der Waals surface area contributed by atoms with Gasteiger partial charge in [-0.15, -0.1) is 0 Å². The van der Waals surface area contributed by atoms with Gasteiger partial charge in [0.15, 0.2) is 0 Å². The third kappa shape index (κ3) is 2.25. The van der Waals surface area contributed by atoms with Gasteiger partial charge in [-0.1, -0.05) is 13.3 Å². The number of nitrogens with zero attached hydrogens (tertiary/aromatic N) is 1. The molecule has 0 saturated carbocycles. The maximum absolute atomic E-state index is 2.46. The molecule has 1 saturated heterocycles. The van der Waals surface area contributed by atoms with Crippen molar-refractivity contribution in [1.82, 2.24) is 0 Å². The van der Waals surface area contributed by atoms with Gasteiger partial charge in [-0.2, -0.15) is 0 Å². The first kappa shape index (κ1) is 11.0. The first-order chi connectivity index (χ1) is 6.11. The van der Waals surface area contributed by atoms with E-state index in [1.54, 1.807) is 0 Å². The molecule has 0 bridgehead atoms. The Labute approximate surface area is 83.7 Å². The standard InChI is InChI=1S/C12H26N/c1-5-6-8-12-9-7-10-13(12,4)11(2)3/h11-12H,5-10H2,1-4H3/q+1. The number of rotatable bonds is 4. The van der Waals surface area contributed by atoms with Crippen molar-refractivity contribution in [1.29, 1.82) is 0 Å². The minimum Gasteiger partial charge on any atom is -0.322 e. The van der Waals surface area contributed by atoms with Crippen LogP contribution in [0.5, 0.6) is 0 Å². The van der Waals surface area contributed by atoms with Crippen LogP contribution in [0.25, 0.3) is 0 Å². The summed E-state index contributed by atoms with van der Waals surface area (Å²) in [6.07, 6.45) is 7.14. The largest absolute Gasteiger partial charge is 0.322 e.